The molecule has 0 fully saturated rings. The summed E-state index contributed by atoms with van der Waals surface area (Å²) in [5.41, 5.74) is 3.15. The Morgan fingerprint density at radius 2 is 1.95 bits per heavy atom. The van der Waals surface area contributed by atoms with E-state index in [2.05, 4.69) is 0 Å². The van der Waals surface area contributed by atoms with Crippen LogP contribution in [0.3, 0.4) is 0 Å². The number of aryl methyl sites for hydroxylation is 2. The van der Waals surface area contributed by atoms with Crippen LogP contribution in [0.1, 0.15) is 37.0 Å². The van der Waals surface area contributed by atoms with Crippen LogP contribution < -0.4 is 0 Å². The fraction of sp³-hybridized carbons (Fsp3) is 0.467. The van der Waals surface area contributed by atoms with E-state index in [-0.39, 0.29) is 18.5 Å². The molecule has 1 rings (SSSR count). The average Bonchev–Trinajstić information content (AvgIpc) is 2.35. The molecule has 0 aliphatic rings. The SMILES string of the molecule is CCOC(=O)CCc1ccc(COC(C)=O)cc1C. The second-order valence-corrected chi connectivity index (χ2v) is 4.35. The summed E-state index contributed by atoms with van der Waals surface area (Å²) in [6.07, 6.45) is 1.05. The van der Waals surface area contributed by atoms with Gasteiger partial charge in [0.25, 0.3) is 0 Å². The maximum Gasteiger partial charge on any atom is 0.306 e. The summed E-state index contributed by atoms with van der Waals surface area (Å²) in [6, 6.07) is 5.85. The Balaban J connectivity index is 2.56. The van der Waals surface area contributed by atoms with Crippen molar-refractivity contribution in [2.75, 3.05) is 6.61 Å². The van der Waals surface area contributed by atoms with Crippen LogP contribution in [0.15, 0.2) is 18.2 Å². The number of carbonyl (C=O) groups excluding carboxylic acids is 2. The first-order valence-electron chi connectivity index (χ1n) is 6.40. The van der Waals surface area contributed by atoms with Crippen LogP contribution in [0.5, 0.6) is 0 Å². The minimum atomic E-state index is -0.288. The highest BCUT2D eigenvalue weighted by Crippen LogP contribution is 2.14. The second-order valence-electron chi connectivity index (χ2n) is 4.35. The van der Waals surface area contributed by atoms with Gasteiger partial charge >= 0.3 is 11.9 Å². The van der Waals surface area contributed by atoms with Crippen LogP contribution in [0, 0.1) is 6.92 Å². The minimum absolute atomic E-state index is 0.175. The van der Waals surface area contributed by atoms with Crippen molar-refractivity contribution < 1.29 is 19.1 Å². The summed E-state index contributed by atoms with van der Waals surface area (Å²) in [4.78, 5) is 22.0. The van der Waals surface area contributed by atoms with Gasteiger partial charge in [0.1, 0.15) is 6.61 Å². The molecular weight excluding hydrogens is 244 g/mol. The zero-order valence-electron chi connectivity index (χ0n) is 11.7. The molecule has 0 N–H and O–H groups in total. The van der Waals surface area contributed by atoms with Gasteiger partial charge in [-0.25, -0.2) is 0 Å². The molecule has 0 saturated heterocycles. The molecular formula is C15H20O4. The average molecular weight is 264 g/mol. The summed E-state index contributed by atoms with van der Waals surface area (Å²) in [7, 11) is 0. The first-order chi connectivity index (χ1) is 9.02. The molecule has 0 spiro atoms. The van der Waals surface area contributed by atoms with Gasteiger partial charge in [0.15, 0.2) is 0 Å². The minimum Gasteiger partial charge on any atom is -0.466 e. The van der Waals surface area contributed by atoms with E-state index < -0.39 is 0 Å². The standard InChI is InChI=1S/C15H20O4/c1-4-18-15(17)8-7-14-6-5-13(9-11(14)2)10-19-12(3)16/h5-6,9H,4,7-8,10H2,1-3H3. The third kappa shape index (κ3) is 5.55. The van der Waals surface area contributed by atoms with E-state index in [0.717, 1.165) is 16.7 Å². The van der Waals surface area contributed by atoms with Gasteiger partial charge in [-0.1, -0.05) is 18.2 Å². The van der Waals surface area contributed by atoms with E-state index in [0.29, 0.717) is 19.4 Å². The van der Waals surface area contributed by atoms with Crippen molar-refractivity contribution >= 4 is 11.9 Å². The number of rotatable bonds is 6. The van der Waals surface area contributed by atoms with Crippen LogP contribution in [0.4, 0.5) is 0 Å². The number of hydrogen-bond acceptors (Lipinski definition) is 4. The van der Waals surface area contributed by atoms with Gasteiger partial charge in [0, 0.05) is 13.3 Å². The highest BCUT2D eigenvalue weighted by molar-refractivity contribution is 5.69. The van der Waals surface area contributed by atoms with E-state index in [1.807, 2.05) is 25.1 Å². The number of ether oxygens (including phenoxy) is 2. The van der Waals surface area contributed by atoms with Crippen LogP contribution in [0.25, 0.3) is 0 Å². The van der Waals surface area contributed by atoms with Gasteiger partial charge in [-0.15, -0.1) is 0 Å². The van der Waals surface area contributed by atoms with E-state index in [1.54, 1.807) is 6.92 Å². The van der Waals surface area contributed by atoms with Gasteiger partial charge in [-0.2, -0.15) is 0 Å². The number of esters is 2. The summed E-state index contributed by atoms with van der Waals surface area (Å²) < 4.78 is 9.84. The lowest BCUT2D eigenvalue weighted by atomic mass is 10.0. The Hall–Kier alpha value is -1.84. The highest BCUT2D eigenvalue weighted by atomic mass is 16.5. The largest absolute Gasteiger partial charge is 0.466 e. The molecule has 0 amide bonds. The molecule has 19 heavy (non-hydrogen) atoms. The van der Waals surface area contributed by atoms with Crippen molar-refractivity contribution in [2.45, 2.75) is 40.2 Å². The summed E-state index contributed by atoms with van der Waals surface area (Å²) in [6.45, 7) is 5.87. The van der Waals surface area contributed by atoms with Crippen molar-refractivity contribution in [3.05, 3.63) is 34.9 Å². The molecule has 0 heterocycles. The third-order valence-corrected chi connectivity index (χ3v) is 2.75. The Kier molecular flexibility index (Phi) is 6.06. The van der Waals surface area contributed by atoms with Crippen molar-refractivity contribution in [1.82, 2.24) is 0 Å². The third-order valence-electron chi connectivity index (χ3n) is 2.75. The predicted octanol–water partition coefficient (Wildman–Crippen LogP) is 2.55. The van der Waals surface area contributed by atoms with E-state index >= 15 is 0 Å². The van der Waals surface area contributed by atoms with Gasteiger partial charge in [0.2, 0.25) is 0 Å². The lowest BCUT2D eigenvalue weighted by Crippen LogP contribution is -2.06. The smallest absolute Gasteiger partial charge is 0.306 e. The first-order valence-corrected chi connectivity index (χ1v) is 6.40. The predicted molar refractivity (Wildman–Crippen MR) is 71.6 cm³/mol. The second kappa shape index (κ2) is 7.56. The van der Waals surface area contributed by atoms with Crippen molar-refractivity contribution in [1.29, 1.82) is 0 Å². The first kappa shape index (κ1) is 15.2. The molecule has 104 valence electrons. The molecule has 0 aliphatic carbocycles. The van der Waals surface area contributed by atoms with Crippen molar-refractivity contribution in [3.8, 4) is 0 Å². The van der Waals surface area contributed by atoms with Gasteiger partial charge in [0.05, 0.1) is 6.61 Å². The van der Waals surface area contributed by atoms with Gasteiger partial charge in [-0.05, 0) is 37.0 Å². The number of benzene rings is 1. The number of hydrogen-bond donors (Lipinski definition) is 0. The monoisotopic (exact) mass is 264 g/mol. The van der Waals surface area contributed by atoms with Gasteiger partial charge < -0.3 is 9.47 Å². The van der Waals surface area contributed by atoms with Crippen LogP contribution in [-0.4, -0.2) is 18.5 Å². The molecule has 1 aromatic rings. The van der Waals surface area contributed by atoms with Crippen molar-refractivity contribution in [2.24, 2.45) is 0 Å². The molecule has 0 aliphatic heterocycles. The Bertz CT molecular complexity index is 451. The summed E-state index contributed by atoms with van der Waals surface area (Å²) >= 11 is 0. The molecule has 0 unspecified atom stereocenters. The topological polar surface area (TPSA) is 52.6 Å². The highest BCUT2D eigenvalue weighted by Gasteiger charge is 2.06. The quantitative estimate of drug-likeness (QED) is 0.741. The Labute approximate surface area is 113 Å². The van der Waals surface area contributed by atoms with Crippen LogP contribution in [-0.2, 0) is 32.1 Å². The normalized spacial score (nSPS) is 10.1. The summed E-state index contributed by atoms with van der Waals surface area (Å²) in [5, 5.41) is 0. The van der Waals surface area contributed by atoms with Crippen molar-refractivity contribution in [3.63, 3.8) is 0 Å². The van der Waals surface area contributed by atoms with E-state index in [4.69, 9.17) is 9.47 Å². The van der Waals surface area contributed by atoms with E-state index in [9.17, 15) is 9.59 Å². The molecule has 0 radical (unpaired) electrons. The van der Waals surface area contributed by atoms with Crippen LogP contribution in [0.2, 0.25) is 0 Å². The maximum atomic E-state index is 11.3. The molecule has 1 aromatic carbocycles. The Morgan fingerprint density at radius 1 is 1.21 bits per heavy atom. The lowest BCUT2D eigenvalue weighted by Gasteiger charge is -2.08. The molecule has 0 saturated carbocycles. The number of carbonyl (C=O) groups is 2. The molecule has 4 nitrogen and oxygen atoms in total. The molecule has 0 atom stereocenters. The zero-order valence-corrected chi connectivity index (χ0v) is 11.7. The fourth-order valence-corrected chi connectivity index (χ4v) is 1.78. The Morgan fingerprint density at radius 3 is 2.53 bits per heavy atom. The molecule has 0 bridgehead atoms. The lowest BCUT2D eigenvalue weighted by molar-refractivity contribution is -0.143. The van der Waals surface area contributed by atoms with E-state index in [1.165, 1.54) is 6.92 Å². The maximum absolute atomic E-state index is 11.3. The van der Waals surface area contributed by atoms with Crippen LogP contribution >= 0.6 is 0 Å². The molecule has 0 aromatic heterocycles. The molecule has 4 heteroatoms. The summed E-state index contributed by atoms with van der Waals surface area (Å²) in [5.74, 6) is -0.463. The fourth-order valence-electron chi connectivity index (χ4n) is 1.78. The van der Waals surface area contributed by atoms with Gasteiger partial charge in [-0.3, -0.25) is 9.59 Å². The zero-order chi connectivity index (χ0) is 14.3.